The summed E-state index contributed by atoms with van der Waals surface area (Å²) in [4.78, 5) is 2.55. The summed E-state index contributed by atoms with van der Waals surface area (Å²) in [5.41, 5.74) is 2.11. The number of aryl methyl sites for hydroxylation is 1. The van der Waals surface area contributed by atoms with Crippen LogP contribution in [0.1, 0.15) is 31.1 Å². The van der Waals surface area contributed by atoms with Crippen molar-refractivity contribution in [2.24, 2.45) is 0 Å². The Morgan fingerprint density at radius 3 is 2.96 bits per heavy atom. The van der Waals surface area contributed by atoms with E-state index >= 15 is 0 Å². The molecule has 2 heterocycles. The van der Waals surface area contributed by atoms with Gasteiger partial charge < -0.3 is 9.73 Å². The smallest absolute Gasteiger partial charge is 0.134 e. The van der Waals surface area contributed by atoms with E-state index in [-0.39, 0.29) is 0 Å². The molecule has 0 unspecified atom stereocenters. The van der Waals surface area contributed by atoms with E-state index in [0.717, 1.165) is 47.3 Å². The van der Waals surface area contributed by atoms with Crippen LogP contribution in [0.3, 0.4) is 0 Å². The van der Waals surface area contributed by atoms with Gasteiger partial charge in [0.1, 0.15) is 11.5 Å². The number of benzene rings is 1. The van der Waals surface area contributed by atoms with E-state index in [9.17, 15) is 0 Å². The Balaban J connectivity index is 1.56. The quantitative estimate of drug-likeness (QED) is 0.845. The van der Waals surface area contributed by atoms with E-state index in [1.807, 2.05) is 31.2 Å². The van der Waals surface area contributed by atoms with Gasteiger partial charge in [-0.2, -0.15) is 0 Å². The molecule has 0 bridgehead atoms. The first-order valence-electron chi connectivity index (χ1n) is 8.47. The number of likely N-dealkylation sites (N-methyl/N-ethyl adjacent to an activating group) is 1. The van der Waals surface area contributed by atoms with Gasteiger partial charge in [-0.3, -0.25) is 4.90 Å². The Bertz CT molecular complexity index is 653. The van der Waals surface area contributed by atoms with Crippen molar-refractivity contribution in [2.45, 2.75) is 39.3 Å². The topological polar surface area (TPSA) is 28.4 Å². The molecule has 0 aliphatic carbocycles. The molecule has 1 saturated heterocycles. The number of rotatable bonds is 6. The van der Waals surface area contributed by atoms with E-state index in [1.165, 1.54) is 19.4 Å². The van der Waals surface area contributed by atoms with Crippen LogP contribution in [0, 0.1) is 6.92 Å². The second-order valence-corrected chi connectivity index (χ2v) is 6.69. The summed E-state index contributed by atoms with van der Waals surface area (Å²) >= 11 is 6.20. The second kappa shape index (κ2) is 7.52. The lowest BCUT2D eigenvalue weighted by molar-refractivity contribution is 0.258. The Kier molecular flexibility index (Phi) is 5.42. The molecule has 1 aromatic carbocycles. The standard InChI is InChI=1S/C19H25ClN2O/c1-3-22-10-4-5-16(22)12-21-13-17-8-9-19(23-17)15-7-6-14(2)18(20)11-15/h6-9,11,16,21H,3-5,10,12-13H2,1-2H3/t16-/m0/s1. The monoisotopic (exact) mass is 332 g/mol. The maximum Gasteiger partial charge on any atom is 0.134 e. The highest BCUT2D eigenvalue weighted by molar-refractivity contribution is 6.31. The van der Waals surface area contributed by atoms with Gasteiger partial charge in [0, 0.05) is 23.2 Å². The van der Waals surface area contributed by atoms with E-state index < -0.39 is 0 Å². The maximum absolute atomic E-state index is 6.20. The molecule has 3 nitrogen and oxygen atoms in total. The van der Waals surface area contributed by atoms with Gasteiger partial charge in [-0.25, -0.2) is 0 Å². The Labute approximate surface area is 143 Å². The Hall–Kier alpha value is -1.29. The summed E-state index contributed by atoms with van der Waals surface area (Å²) < 4.78 is 5.95. The minimum atomic E-state index is 0.672. The molecule has 124 valence electrons. The van der Waals surface area contributed by atoms with Gasteiger partial charge in [0.05, 0.1) is 6.54 Å². The fourth-order valence-electron chi connectivity index (χ4n) is 3.28. The number of hydrogen-bond acceptors (Lipinski definition) is 3. The number of halogens is 1. The fraction of sp³-hybridized carbons (Fsp3) is 0.474. The molecule has 4 heteroatoms. The van der Waals surface area contributed by atoms with Gasteiger partial charge in [-0.15, -0.1) is 0 Å². The van der Waals surface area contributed by atoms with Gasteiger partial charge in [0.15, 0.2) is 0 Å². The molecule has 1 aliphatic heterocycles. The summed E-state index contributed by atoms with van der Waals surface area (Å²) in [6.07, 6.45) is 2.62. The van der Waals surface area contributed by atoms with E-state index in [4.69, 9.17) is 16.0 Å². The first-order chi connectivity index (χ1) is 11.2. The van der Waals surface area contributed by atoms with Crippen molar-refractivity contribution < 1.29 is 4.42 Å². The average molecular weight is 333 g/mol. The highest BCUT2D eigenvalue weighted by atomic mass is 35.5. The molecule has 1 fully saturated rings. The predicted molar refractivity (Wildman–Crippen MR) is 95.9 cm³/mol. The normalized spacial score (nSPS) is 18.7. The Morgan fingerprint density at radius 1 is 1.30 bits per heavy atom. The summed E-state index contributed by atoms with van der Waals surface area (Å²) in [6, 6.07) is 10.8. The summed E-state index contributed by atoms with van der Waals surface area (Å²) in [6.45, 7) is 8.43. The molecular formula is C19H25ClN2O. The lowest BCUT2D eigenvalue weighted by Crippen LogP contribution is -2.37. The second-order valence-electron chi connectivity index (χ2n) is 6.29. The molecule has 23 heavy (non-hydrogen) atoms. The zero-order valence-corrected chi connectivity index (χ0v) is 14.7. The van der Waals surface area contributed by atoms with Crippen LogP contribution >= 0.6 is 11.6 Å². The molecule has 2 aromatic rings. The van der Waals surface area contributed by atoms with Crippen molar-refractivity contribution in [3.8, 4) is 11.3 Å². The largest absolute Gasteiger partial charge is 0.460 e. The SMILES string of the molecule is CCN1CCC[C@H]1CNCc1ccc(-c2ccc(C)c(Cl)c2)o1. The van der Waals surface area contributed by atoms with Gasteiger partial charge in [-0.05, 0) is 56.6 Å². The molecule has 0 saturated carbocycles. The molecule has 1 aliphatic rings. The first kappa shape index (κ1) is 16.6. The molecule has 0 amide bonds. The van der Waals surface area contributed by atoms with Crippen molar-refractivity contribution in [1.29, 1.82) is 0 Å². The zero-order valence-electron chi connectivity index (χ0n) is 13.9. The molecule has 3 rings (SSSR count). The lowest BCUT2D eigenvalue weighted by atomic mass is 10.1. The third-order valence-electron chi connectivity index (χ3n) is 4.70. The van der Waals surface area contributed by atoms with Crippen molar-refractivity contribution >= 4 is 11.6 Å². The average Bonchev–Trinajstić information content (AvgIpc) is 3.19. The molecule has 1 N–H and O–H groups in total. The molecule has 1 atom stereocenters. The third kappa shape index (κ3) is 3.97. The maximum atomic E-state index is 6.20. The number of nitrogens with zero attached hydrogens (tertiary/aromatic N) is 1. The van der Waals surface area contributed by atoms with Gasteiger partial charge in [-0.1, -0.05) is 30.7 Å². The zero-order chi connectivity index (χ0) is 16.2. The van der Waals surface area contributed by atoms with Crippen LogP contribution in [0.25, 0.3) is 11.3 Å². The molecular weight excluding hydrogens is 308 g/mol. The predicted octanol–water partition coefficient (Wildman–Crippen LogP) is 4.48. The minimum Gasteiger partial charge on any atom is -0.460 e. The molecule has 1 aromatic heterocycles. The van der Waals surface area contributed by atoms with Crippen molar-refractivity contribution in [2.75, 3.05) is 19.6 Å². The minimum absolute atomic E-state index is 0.672. The van der Waals surface area contributed by atoms with Crippen LogP contribution in [0.15, 0.2) is 34.7 Å². The highest BCUT2D eigenvalue weighted by Gasteiger charge is 2.22. The van der Waals surface area contributed by atoms with Crippen LogP contribution in [0.5, 0.6) is 0 Å². The highest BCUT2D eigenvalue weighted by Crippen LogP contribution is 2.27. The van der Waals surface area contributed by atoms with Gasteiger partial charge >= 0.3 is 0 Å². The number of nitrogens with one attached hydrogen (secondary N) is 1. The van der Waals surface area contributed by atoms with Crippen LogP contribution in [-0.4, -0.2) is 30.6 Å². The first-order valence-corrected chi connectivity index (χ1v) is 8.85. The summed E-state index contributed by atoms with van der Waals surface area (Å²) in [7, 11) is 0. The third-order valence-corrected chi connectivity index (χ3v) is 5.11. The molecule has 0 spiro atoms. The fourth-order valence-corrected chi connectivity index (χ4v) is 3.46. The van der Waals surface area contributed by atoms with E-state index in [0.29, 0.717) is 6.04 Å². The van der Waals surface area contributed by atoms with Crippen molar-refractivity contribution in [3.05, 3.63) is 46.7 Å². The van der Waals surface area contributed by atoms with Crippen molar-refractivity contribution in [1.82, 2.24) is 10.2 Å². The molecule has 0 radical (unpaired) electrons. The Morgan fingerprint density at radius 2 is 2.17 bits per heavy atom. The summed E-state index contributed by atoms with van der Waals surface area (Å²) in [5, 5.41) is 4.31. The van der Waals surface area contributed by atoms with Gasteiger partial charge in [0.2, 0.25) is 0 Å². The van der Waals surface area contributed by atoms with Crippen LogP contribution in [-0.2, 0) is 6.54 Å². The van der Waals surface area contributed by atoms with Crippen molar-refractivity contribution in [3.63, 3.8) is 0 Å². The van der Waals surface area contributed by atoms with E-state index in [2.05, 4.69) is 23.2 Å². The van der Waals surface area contributed by atoms with Crippen LogP contribution in [0.4, 0.5) is 0 Å². The van der Waals surface area contributed by atoms with Gasteiger partial charge in [0.25, 0.3) is 0 Å². The summed E-state index contributed by atoms with van der Waals surface area (Å²) in [5.74, 6) is 1.84. The number of hydrogen-bond donors (Lipinski definition) is 1. The lowest BCUT2D eigenvalue weighted by Gasteiger charge is -2.22. The number of furan rings is 1. The van der Waals surface area contributed by atoms with E-state index in [1.54, 1.807) is 0 Å². The van der Waals surface area contributed by atoms with Crippen LogP contribution in [0.2, 0.25) is 5.02 Å². The van der Waals surface area contributed by atoms with Crippen LogP contribution < -0.4 is 5.32 Å². The number of likely N-dealkylation sites (tertiary alicyclic amines) is 1.